The van der Waals surface area contributed by atoms with Crippen molar-refractivity contribution in [2.24, 2.45) is 17.1 Å². The molecule has 0 aromatic heterocycles. The van der Waals surface area contributed by atoms with Crippen LogP contribution in [0.25, 0.3) is 0 Å². The minimum absolute atomic E-state index is 0.229. The van der Waals surface area contributed by atoms with E-state index in [1.54, 1.807) is 0 Å². The van der Waals surface area contributed by atoms with Crippen molar-refractivity contribution >= 4 is 5.91 Å². The van der Waals surface area contributed by atoms with Gasteiger partial charge in [-0.1, -0.05) is 33.1 Å². The molecule has 1 aliphatic rings. The van der Waals surface area contributed by atoms with Gasteiger partial charge in [0.05, 0.1) is 0 Å². The molecule has 0 spiro atoms. The van der Waals surface area contributed by atoms with Crippen LogP contribution in [-0.4, -0.2) is 19.0 Å². The summed E-state index contributed by atoms with van der Waals surface area (Å²) in [7, 11) is 0. The topological polar surface area (TPSA) is 55.1 Å². The summed E-state index contributed by atoms with van der Waals surface area (Å²) in [6, 6.07) is 0. The molecule has 0 bridgehead atoms. The summed E-state index contributed by atoms with van der Waals surface area (Å²) in [5, 5.41) is 3.18. The van der Waals surface area contributed by atoms with Gasteiger partial charge in [0.1, 0.15) is 0 Å². The van der Waals surface area contributed by atoms with Crippen LogP contribution in [0.1, 0.15) is 71.6 Å². The molecule has 3 nitrogen and oxygen atoms in total. The quantitative estimate of drug-likeness (QED) is 0.631. The van der Waals surface area contributed by atoms with Gasteiger partial charge in [-0.3, -0.25) is 4.79 Å². The maximum atomic E-state index is 11.8. The third kappa shape index (κ3) is 6.42. The highest BCUT2D eigenvalue weighted by Crippen LogP contribution is 2.42. The van der Waals surface area contributed by atoms with Gasteiger partial charge in [0.2, 0.25) is 5.91 Å². The zero-order chi connectivity index (χ0) is 14.1. The van der Waals surface area contributed by atoms with Gasteiger partial charge in [0.25, 0.3) is 0 Å². The van der Waals surface area contributed by atoms with Gasteiger partial charge >= 0.3 is 0 Å². The SMILES string of the molecule is CC(C)CC1(CNC(=O)CCCCCN)CCCC1. The Labute approximate surface area is 118 Å². The third-order valence-electron chi connectivity index (χ3n) is 4.27. The summed E-state index contributed by atoms with van der Waals surface area (Å²) in [5.41, 5.74) is 5.84. The highest BCUT2D eigenvalue weighted by Gasteiger charge is 2.34. The fourth-order valence-corrected chi connectivity index (χ4v) is 3.43. The molecule has 0 radical (unpaired) electrons. The van der Waals surface area contributed by atoms with Crippen molar-refractivity contribution < 1.29 is 4.79 Å². The molecular weight excluding hydrogens is 236 g/mol. The van der Waals surface area contributed by atoms with Gasteiger partial charge in [-0.25, -0.2) is 0 Å². The minimum Gasteiger partial charge on any atom is -0.356 e. The van der Waals surface area contributed by atoms with Crippen LogP contribution in [0.5, 0.6) is 0 Å². The summed E-state index contributed by atoms with van der Waals surface area (Å²) in [4.78, 5) is 11.8. The lowest BCUT2D eigenvalue weighted by Crippen LogP contribution is -2.36. The largest absolute Gasteiger partial charge is 0.356 e. The monoisotopic (exact) mass is 268 g/mol. The molecule has 0 unspecified atom stereocenters. The molecule has 19 heavy (non-hydrogen) atoms. The number of unbranched alkanes of at least 4 members (excludes halogenated alkanes) is 2. The number of carbonyl (C=O) groups excluding carboxylic acids is 1. The van der Waals surface area contributed by atoms with Crippen molar-refractivity contribution in [2.75, 3.05) is 13.1 Å². The Morgan fingerprint density at radius 1 is 1.21 bits per heavy atom. The summed E-state index contributed by atoms with van der Waals surface area (Å²) in [5.74, 6) is 0.951. The van der Waals surface area contributed by atoms with E-state index in [2.05, 4.69) is 19.2 Å². The molecule has 1 saturated carbocycles. The maximum absolute atomic E-state index is 11.8. The molecule has 1 rings (SSSR count). The van der Waals surface area contributed by atoms with Crippen LogP contribution < -0.4 is 11.1 Å². The first kappa shape index (κ1) is 16.5. The summed E-state index contributed by atoms with van der Waals surface area (Å²) in [6.07, 6.45) is 10.2. The average molecular weight is 268 g/mol. The molecular formula is C16H32N2O. The fourth-order valence-electron chi connectivity index (χ4n) is 3.43. The number of nitrogens with two attached hydrogens (primary N) is 1. The van der Waals surface area contributed by atoms with Gasteiger partial charge < -0.3 is 11.1 Å². The molecule has 0 atom stereocenters. The van der Waals surface area contributed by atoms with Crippen molar-refractivity contribution in [1.82, 2.24) is 5.32 Å². The van der Waals surface area contributed by atoms with Crippen LogP contribution in [0, 0.1) is 11.3 Å². The van der Waals surface area contributed by atoms with Crippen molar-refractivity contribution in [3.05, 3.63) is 0 Å². The zero-order valence-electron chi connectivity index (χ0n) is 12.8. The third-order valence-corrected chi connectivity index (χ3v) is 4.27. The normalized spacial score (nSPS) is 17.9. The highest BCUT2D eigenvalue weighted by atomic mass is 16.1. The van der Waals surface area contributed by atoms with Crippen molar-refractivity contribution in [3.63, 3.8) is 0 Å². The van der Waals surface area contributed by atoms with Crippen LogP contribution in [0.2, 0.25) is 0 Å². The average Bonchev–Trinajstić information content (AvgIpc) is 2.80. The van der Waals surface area contributed by atoms with E-state index >= 15 is 0 Å². The number of carbonyl (C=O) groups is 1. The molecule has 1 amide bonds. The number of hydrogen-bond acceptors (Lipinski definition) is 2. The second-order valence-electron chi connectivity index (χ2n) is 6.68. The van der Waals surface area contributed by atoms with E-state index in [4.69, 9.17) is 5.73 Å². The van der Waals surface area contributed by atoms with Crippen LogP contribution in [0.15, 0.2) is 0 Å². The highest BCUT2D eigenvalue weighted by molar-refractivity contribution is 5.75. The van der Waals surface area contributed by atoms with Gasteiger partial charge in [-0.15, -0.1) is 0 Å². The Bertz CT molecular complexity index is 257. The first-order chi connectivity index (χ1) is 9.08. The number of hydrogen-bond donors (Lipinski definition) is 2. The van der Waals surface area contributed by atoms with E-state index < -0.39 is 0 Å². The van der Waals surface area contributed by atoms with Gasteiger partial charge in [0, 0.05) is 13.0 Å². The molecule has 0 aromatic rings. The van der Waals surface area contributed by atoms with E-state index in [1.165, 1.54) is 32.1 Å². The predicted octanol–water partition coefficient (Wildman–Crippen LogP) is 3.23. The second-order valence-corrected chi connectivity index (χ2v) is 6.68. The Morgan fingerprint density at radius 2 is 1.89 bits per heavy atom. The maximum Gasteiger partial charge on any atom is 0.220 e. The molecule has 1 aliphatic carbocycles. The van der Waals surface area contributed by atoms with E-state index in [9.17, 15) is 4.79 Å². The lowest BCUT2D eigenvalue weighted by atomic mass is 9.78. The lowest BCUT2D eigenvalue weighted by molar-refractivity contribution is -0.121. The predicted molar refractivity (Wildman–Crippen MR) is 80.9 cm³/mol. The number of nitrogens with one attached hydrogen (secondary N) is 1. The molecule has 3 N–H and O–H groups in total. The van der Waals surface area contributed by atoms with Gasteiger partial charge in [-0.05, 0) is 50.0 Å². The second kappa shape index (κ2) is 8.57. The van der Waals surface area contributed by atoms with Crippen molar-refractivity contribution in [1.29, 1.82) is 0 Å². The molecule has 0 aromatic carbocycles. The van der Waals surface area contributed by atoms with Crippen molar-refractivity contribution in [3.8, 4) is 0 Å². The Kier molecular flexibility index (Phi) is 7.44. The van der Waals surface area contributed by atoms with E-state index in [0.29, 0.717) is 11.8 Å². The number of rotatable bonds is 9. The van der Waals surface area contributed by atoms with Crippen LogP contribution in [0.3, 0.4) is 0 Å². The van der Waals surface area contributed by atoms with Gasteiger partial charge in [0.15, 0.2) is 0 Å². The summed E-state index contributed by atoms with van der Waals surface area (Å²) >= 11 is 0. The molecule has 0 aliphatic heterocycles. The summed E-state index contributed by atoms with van der Waals surface area (Å²) < 4.78 is 0. The summed E-state index contributed by atoms with van der Waals surface area (Å²) in [6.45, 7) is 6.20. The van der Waals surface area contributed by atoms with E-state index in [1.807, 2.05) is 0 Å². The lowest BCUT2D eigenvalue weighted by Gasteiger charge is -2.31. The Morgan fingerprint density at radius 3 is 2.47 bits per heavy atom. The van der Waals surface area contributed by atoms with E-state index in [-0.39, 0.29) is 5.91 Å². The molecule has 1 fully saturated rings. The molecule has 0 saturated heterocycles. The first-order valence-corrected chi connectivity index (χ1v) is 8.05. The van der Waals surface area contributed by atoms with Crippen LogP contribution >= 0.6 is 0 Å². The molecule has 3 heteroatoms. The first-order valence-electron chi connectivity index (χ1n) is 8.05. The fraction of sp³-hybridized carbons (Fsp3) is 0.938. The smallest absolute Gasteiger partial charge is 0.220 e. The standard InChI is InChI=1S/C16H32N2O/c1-14(2)12-16(9-5-6-10-16)13-18-15(19)8-4-3-7-11-17/h14H,3-13,17H2,1-2H3,(H,18,19). The minimum atomic E-state index is 0.229. The van der Waals surface area contributed by atoms with Crippen LogP contribution in [-0.2, 0) is 4.79 Å². The number of amides is 1. The Balaban J connectivity index is 2.26. The Hall–Kier alpha value is -0.570. The van der Waals surface area contributed by atoms with Crippen LogP contribution in [0.4, 0.5) is 0 Å². The molecule has 112 valence electrons. The van der Waals surface area contributed by atoms with E-state index in [0.717, 1.165) is 38.3 Å². The van der Waals surface area contributed by atoms with Crippen molar-refractivity contribution in [2.45, 2.75) is 71.6 Å². The molecule has 0 heterocycles. The van der Waals surface area contributed by atoms with Gasteiger partial charge in [-0.2, -0.15) is 0 Å². The zero-order valence-corrected chi connectivity index (χ0v) is 12.8.